The number of carbonyl (C=O) groups excluding carboxylic acids is 2. The van der Waals surface area contributed by atoms with Crippen LogP contribution in [0.25, 0.3) is 0 Å². The van der Waals surface area contributed by atoms with Crippen molar-refractivity contribution in [3.05, 3.63) is 12.7 Å². The molecule has 2 N–H and O–H groups in total. The smallest absolute Gasteiger partial charge is 0.410 e. The number of hydrogen-bond acceptors (Lipinski definition) is 5. The number of likely N-dealkylation sites (tertiary alicyclic amines) is 1. The highest BCUT2D eigenvalue weighted by Crippen LogP contribution is 2.20. The summed E-state index contributed by atoms with van der Waals surface area (Å²) in [4.78, 5) is 25.3. The third-order valence-electron chi connectivity index (χ3n) is 3.28. The van der Waals surface area contributed by atoms with Gasteiger partial charge in [0, 0.05) is 25.6 Å². The molecule has 0 aromatic rings. The van der Waals surface area contributed by atoms with Gasteiger partial charge < -0.3 is 24.8 Å². The highest BCUT2D eigenvalue weighted by Gasteiger charge is 2.34. The van der Waals surface area contributed by atoms with Crippen molar-refractivity contribution >= 4 is 12.2 Å². The van der Waals surface area contributed by atoms with Gasteiger partial charge in [-0.05, 0) is 27.2 Å². The fourth-order valence-electron chi connectivity index (χ4n) is 2.20. The quantitative estimate of drug-likeness (QED) is 0.768. The van der Waals surface area contributed by atoms with Crippen molar-refractivity contribution in [1.82, 2.24) is 10.2 Å². The summed E-state index contributed by atoms with van der Waals surface area (Å²) in [5.74, 6) is -0.116. The Hall–Kier alpha value is -1.76. The summed E-state index contributed by atoms with van der Waals surface area (Å²) in [6.07, 6.45) is 1.04. The van der Waals surface area contributed by atoms with Crippen molar-refractivity contribution in [3.8, 4) is 0 Å². The molecular formula is C15H26N2O5. The van der Waals surface area contributed by atoms with Crippen LogP contribution in [0.3, 0.4) is 0 Å². The van der Waals surface area contributed by atoms with Crippen LogP contribution in [0.15, 0.2) is 12.7 Å². The number of ether oxygens (including phenoxy) is 2. The maximum Gasteiger partial charge on any atom is 0.410 e. The molecule has 2 atom stereocenters. The van der Waals surface area contributed by atoms with E-state index in [1.807, 2.05) is 0 Å². The summed E-state index contributed by atoms with van der Waals surface area (Å²) in [6, 6.07) is -0.372. The molecule has 7 nitrogen and oxygen atoms in total. The monoisotopic (exact) mass is 314 g/mol. The van der Waals surface area contributed by atoms with Crippen LogP contribution in [-0.2, 0) is 9.47 Å². The van der Waals surface area contributed by atoms with Gasteiger partial charge in [-0.15, -0.1) is 0 Å². The molecule has 1 aliphatic rings. The van der Waals surface area contributed by atoms with E-state index >= 15 is 0 Å². The first kappa shape index (κ1) is 18.3. The maximum absolute atomic E-state index is 12.1. The number of hydrogen-bond donors (Lipinski definition) is 2. The number of aliphatic hydroxyl groups is 1. The fraction of sp³-hybridized carbons (Fsp3) is 0.733. The first-order valence-corrected chi connectivity index (χ1v) is 7.39. The van der Waals surface area contributed by atoms with Crippen molar-refractivity contribution in [2.45, 2.75) is 38.8 Å². The van der Waals surface area contributed by atoms with Crippen LogP contribution in [0.1, 0.15) is 27.2 Å². The molecule has 1 heterocycles. The zero-order valence-corrected chi connectivity index (χ0v) is 13.5. The van der Waals surface area contributed by atoms with Gasteiger partial charge >= 0.3 is 12.2 Å². The molecule has 0 aromatic heterocycles. The second-order valence-corrected chi connectivity index (χ2v) is 6.30. The van der Waals surface area contributed by atoms with Gasteiger partial charge in [0.15, 0.2) is 0 Å². The highest BCUT2D eigenvalue weighted by molar-refractivity contribution is 5.70. The van der Waals surface area contributed by atoms with E-state index in [9.17, 15) is 14.7 Å². The van der Waals surface area contributed by atoms with Crippen LogP contribution in [-0.4, -0.2) is 60.1 Å². The van der Waals surface area contributed by atoms with Crippen LogP contribution >= 0.6 is 0 Å². The summed E-state index contributed by atoms with van der Waals surface area (Å²) in [5, 5.41) is 12.1. The molecule has 7 heteroatoms. The Bertz CT molecular complexity index is 405. The predicted octanol–water partition coefficient (Wildman–Crippen LogP) is 1.52. The van der Waals surface area contributed by atoms with E-state index in [1.54, 1.807) is 20.8 Å². The van der Waals surface area contributed by atoms with Gasteiger partial charge in [-0.3, -0.25) is 0 Å². The zero-order valence-electron chi connectivity index (χ0n) is 13.5. The molecule has 1 fully saturated rings. The van der Waals surface area contributed by atoms with Crippen molar-refractivity contribution < 1.29 is 24.2 Å². The van der Waals surface area contributed by atoms with E-state index in [1.165, 1.54) is 11.0 Å². The summed E-state index contributed by atoms with van der Waals surface area (Å²) in [7, 11) is 0. The normalized spacial score (nSPS) is 21.9. The SMILES string of the molecule is C=CCOC(=O)NC1CN(C(=O)OC(C)(C)C)CCC1CO. The third-order valence-corrected chi connectivity index (χ3v) is 3.28. The van der Waals surface area contributed by atoms with Crippen molar-refractivity contribution in [3.63, 3.8) is 0 Å². The molecule has 0 radical (unpaired) electrons. The Kier molecular flexibility index (Phi) is 6.67. The van der Waals surface area contributed by atoms with Gasteiger partial charge in [0.05, 0.1) is 6.04 Å². The lowest BCUT2D eigenvalue weighted by Crippen LogP contribution is -2.55. The zero-order chi connectivity index (χ0) is 16.8. The lowest BCUT2D eigenvalue weighted by Gasteiger charge is -2.38. The molecular weight excluding hydrogens is 288 g/mol. The van der Waals surface area contributed by atoms with Crippen LogP contribution in [0.4, 0.5) is 9.59 Å². The van der Waals surface area contributed by atoms with Gasteiger partial charge in [-0.2, -0.15) is 0 Å². The van der Waals surface area contributed by atoms with Crippen LogP contribution in [0, 0.1) is 5.92 Å². The highest BCUT2D eigenvalue weighted by atomic mass is 16.6. The van der Waals surface area contributed by atoms with Crippen LogP contribution in [0.2, 0.25) is 0 Å². The maximum atomic E-state index is 12.1. The largest absolute Gasteiger partial charge is 0.445 e. The van der Waals surface area contributed by atoms with E-state index in [0.29, 0.717) is 13.0 Å². The number of aliphatic hydroxyl groups excluding tert-OH is 1. The molecule has 22 heavy (non-hydrogen) atoms. The van der Waals surface area contributed by atoms with Gasteiger partial charge in [0.1, 0.15) is 12.2 Å². The van der Waals surface area contributed by atoms with E-state index < -0.39 is 17.8 Å². The Labute approximate surface area is 131 Å². The van der Waals surface area contributed by atoms with Crippen molar-refractivity contribution in [1.29, 1.82) is 0 Å². The van der Waals surface area contributed by atoms with Gasteiger partial charge in [0.2, 0.25) is 0 Å². The van der Waals surface area contributed by atoms with Gasteiger partial charge in [-0.25, -0.2) is 9.59 Å². The van der Waals surface area contributed by atoms with Gasteiger partial charge in [-0.1, -0.05) is 12.7 Å². The summed E-state index contributed by atoms with van der Waals surface area (Å²) < 4.78 is 10.2. The molecule has 126 valence electrons. The first-order valence-electron chi connectivity index (χ1n) is 7.39. The van der Waals surface area contributed by atoms with Crippen LogP contribution < -0.4 is 5.32 Å². The van der Waals surface area contributed by atoms with E-state index in [0.717, 1.165) is 0 Å². The Balaban J connectivity index is 2.62. The number of piperidine rings is 1. The molecule has 0 aromatic carbocycles. The summed E-state index contributed by atoms with van der Waals surface area (Å²) >= 11 is 0. The summed E-state index contributed by atoms with van der Waals surface area (Å²) in [6.45, 7) is 9.68. The molecule has 1 aliphatic heterocycles. The standard InChI is InChI=1S/C15H26N2O5/c1-5-8-21-13(19)16-12-9-17(7-6-11(12)10-18)14(20)22-15(2,3)4/h5,11-12,18H,1,6-10H2,2-4H3,(H,16,19). The second kappa shape index (κ2) is 8.03. The summed E-state index contributed by atoms with van der Waals surface area (Å²) in [5.41, 5.74) is -0.573. The minimum absolute atomic E-state index is 0.0609. The number of alkyl carbamates (subject to hydrolysis) is 1. The van der Waals surface area contributed by atoms with E-state index in [4.69, 9.17) is 9.47 Å². The molecule has 2 unspecified atom stereocenters. The molecule has 0 aliphatic carbocycles. The van der Waals surface area contributed by atoms with Gasteiger partial charge in [0.25, 0.3) is 0 Å². The third kappa shape index (κ3) is 5.93. The molecule has 0 saturated carbocycles. The van der Waals surface area contributed by atoms with Crippen molar-refractivity contribution in [2.75, 3.05) is 26.3 Å². The second-order valence-electron chi connectivity index (χ2n) is 6.30. The Morgan fingerprint density at radius 1 is 1.45 bits per heavy atom. The lowest BCUT2D eigenvalue weighted by atomic mass is 9.92. The Morgan fingerprint density at radius 2 is 2.14 bits per heavy atom. The minimum Gasteiger partial charge on any atom is -0.445 e. The number of amides is 2. The number of rotatable bonds is 4. The predicted molar refractivity (Wildman–Crippen MR) is 81.5 cm³/mol. The number of carbonyl (C=O) groups is 2. The number of nitrogens with zero attached hydrogens (tertiary/aromatic N) is 1. The number of nitrogens with one attached hydrogen (secondary N) is 1. The minimum atomic E-state index is -0.589. The molecule has 0 spiro atoms. The van der Waals surface area contributed by atoms with E-state index in [-0.39, 0.29) is 31.7 Å². The average molecular weight is 314 g/mol. The topological polar surface area (TPSA) is 88.1 Å². The first-order chi connectivity index (χ1) is 10.3. The van der Waals surface area contributed by atoms with Crippen molar-refractivity contribution in [2.24, 2.45) is 5.92 Å². The lowest BCUT2D eigenvalue weighted by molar-refractivity contribution is 0.00973. The molecule has 1 rings (SSSR count). The van der Waals surface area contributed by atoms with E-state index in [2.05, 4.69) is 11.9 Å². The van der Waals surface area contributed by atoms with Crippen LogP contribution in [0.5, 0.6) is 0 Å². The molecule has 1 saturated heterocycles. The molecule has 0 bridgehead atoms. The average Bonchev–Trinajstić information content (AvgIpc) is 2.43. The molecule has 2 amide bonds. The fourth-order valence-corrected chi connectivity index (χ4v) is 2.20. The Morgan fingerprint density at radius 3 is 2.68 bits per heavy atom.